The molecular weight excluding hydrogens is 554 g/mol. The number of allylic oxidation sites excluding steroid dienone is 3. The molecule has 1 unspecified atom stereocenters. The number of carbonyl (C=O) groups excluding carboxylic acids is 2. The van der Waals surface area contributed by atoms with E-state index < -0.39 is 5.92 Å². The Morgan fingerprint density at radius 1 is 1.18 bits per heavy atom. The molecule has 2 aromatic carbocycles. The average molecular weight is 574 g/mol. The Labute approximate surface area is 237 Å². The molecule has 0 bridgehead atoms. The van der Waals surface area contributed by atoms with Crippen LogP contribution in [0.25, 0.3) is 0 Å². The first kappa shape index (κ1) is 26.4. The number of nitriles is 2. The highest BCUT2D eigenvalue weighted by molar-refractivity contribution is 8.01. The van der Waals surface area contributed by atoms with E-state index in [1.54, 1.807) is 47.4 Å². The number of anilines is 2. The highest BCUT2D eigenvalue weighted by Gasteiger charge is 2.41. The van der Waals surface area contributed by atoms with Gasteiger partial charge >= 0.3 is 0 Å². The predicted molar refractivity (Wildman–Crippen MR) is 150 cm³/mol. The van der Waals surface area contributed by atoms with Gasteiger partial charge in [0.15, 0.2) is 10.1 Å². The van der Waals surface area contributed by atoms with Gasteiger partial charge in [0.1, 0.15) is 5.82 Å². The molecule has 3 aromatic rings. The van der Waals surface area contributed by atoms with Crippen LogP contribution in [0.3, 0.4) is 0 Å². The molecule has 1 aliphatic carbocycles. The fourth-order valence-corrected chi connectivity index (χ4v) is 6.51. The van der Waals surface area contributed by atoms with E-state index >= 15 is 0 Å². The molecule has 0 saturated carbocycles. The van der Waals surface area contributed by atoms with E-state index in [2.05, 4.69) is 21.6 Å². The number of ketones is 1. The third-order valence-corrected chi connectivity index (χ3v) is 8.58. The molecule has 0 fully saturated rings. The van der Waals surface area contributed by atoms with Crippen LogP contribution in [0.1, 0.15) is 36.3 Å². The van der Waals surface area contributed by atoms with E-state index in [0.29, 0.717) is 56.3 Å². The Hall–Kier alpha value is -4.16. The van der Waals surface area contributed by atoms with Crippen molar-refractivity contribution in [3.8, 4) is 12.1 Å². The van der Waals surface area contributed by atoms with Crippen LogP contribution >= 0.6 is 34.7 Å². The van der Waals surface area contributed by atoms with E-state index in [0.717, 1.165) is 5.56 Å². The quantitative estimate of drug-likeness (QED) is 0.384. The monoisotopic (exact) mass is 573 g/mol. The van der Waals surface area contributed by atoms with Crippen molar-refractivity contribution in [3.05, 3.63) is 87.3 Å². The van der Waals surface area contributed by atoms with Gasteiger partial charge in [-0.2, -0.15) is 10.5 Å². The summed E-state index contributed by atoms with van der Waals surface area (Å²) in [6.07, 6.45) is 1.63. The second kappa shape index (κ2) is 11.3. The number of aromatic nitrogens is 2. The lowest BCUT2D eigenvalue weighted by Gasteiger charge is -2.38. The zero-order valence-electron chi connectivity index (χ0n) is 20.3. The first-order valence-corrected chi connectivity index (χ1v) is 14.1. The van der Waals surface area contributed by atoms with Crippen molar-refractivity contribution in [1.82, 2.24) is 10.2 Å². The van der Waals surface area contributed by atoms with Crippen LogP contribution in [0.4, 0.5) is 10.8 Å². The van der Waals surface area contributed by atoms with Crippen LogP contribution in [-0.2, 0) is 9.59 Å². The molecule has 1 atom stereocenters. The van der Waals surface area contributed by atoms with Crippen LogP contribution < -0.4 is 16.0 Å². The zero-order chi connectivity index (χ0) is 27.5. The van der Waals surface area contributed by atoms with E-state index in [9.17, 15) is 14.9 Å². The van der Waals surface area contributed by atoms with Crippen LogP contribution in [0, 0.1) is 22.7 Å². The first-order valence-electron chi connectivity index (χ1n) is 11.9. The van der Waals surface area contributed by atoms with Crippen molar-refractivity contribution in [2.24, 2.45) is 5.73 Å². The van der Waals surface area contributed by atoms with Gasteiger partial charge in [-0.3, -0.25) is 14.5 Å². The number of Topliss-reactive ketones (excluding diaryl/α,β-unsaturated/α-hetero) is 1. The number of hydrogen-bond donors (Lipinski definition) is 2. The number of nitrogens with two attached hydrogens (primary N) is 1. The van der Waals surface area contributed by atoms with E-state index in [4.69, 9.17) is 22.6 Å². The Morgan fingerprint density at radius 3 is 2.69 bits per heavy atom. The van der Waals surface area contributed by atoms with Crippen LogP contribution in [0.2, 0.25) is 5.02 Å². The third-order valence-electron chi connectivity index (χ3n) is 6.31. The Morgan fingerprint density at radius 2 is 1.97 bits per heavy atom. The van der Waals surface area contributed by atoms with Gasteiger partial charge in [0, 0.05) is 28.4 Å². The summed E-state index contributed by atoms with van der Waals surface area (Å²) in [5.41, 5.74) is 9.88. The van der Waals surface area contributed by atoms with Crippen molar-refractivity contribution < 1.29 is 9.59 Å². The number of hydrogen-bond acceptors (Lipinski definition) is 10. The Balaban J connectivity index is 1.40. The number of nitrogens with zero attached hydrogens (tertiary/aromatic N) is 5. The second-order valence-corrected chi connectivity index (χ2v) is 11.4. The maximum absolute atomic E-state index is 13.2. The maximum atomic E-state index is 13.2. The molecule has 0 radical (unpaired) electrons. The number of halogens is 1. The molecule has 0 saturated heterocycles. The fourth-order valence-electron chi connectivity index (χ4n) is 4.63. The summed E-state index contributed by atoms with van der Waals surface area (Å²) < 4.78 is 0.535. The van der Waals surface area contributed by atoms with Crippen LogP contribution in [0.5, 0.6) is 0 Å². The highest BCUT2D eigenvalue weighted by atomic mass is 35.5. The highest BCUT2D eigenvalue weighted by Crippen LogP contribution is 2.47. The number of rotatable bonds is 6. The minimum atomic E-state index is -0.611. The van der Waals surface area contributed by atoms with Gasteiger partial charge in [0.25, 0.3) is 0 Å². The molecule has 0 spiro atoms. The number of nitrogens with one attached hydrogen (secondary N) is 1. The molecule has 194 valence electrons. The van der Waals surface area contributed by atoms with Crippen LogP contribution in [0.15, 0.2) is 75.5 Å². The predicted octanol–water partition coefficient (Wildman–Crippen LogP) is 5.10. The average Bonchev–Trinajstić information content (AvgIpc) is 3.40. The fraction of sp³-hybridized carbons (Fsp3) is 0.185. The summed E-state index contributed by atoms with van der Waals surface area (Å²) in [5, 5.41) is 31.2. The third kappa shape index (κ3) is 5.38. The molecule has 1 amide bonds. The lowest BCUT2D eigenvalue weighted by Crippen LogP contribution is -2.38. The molecule has 3 N–H and O–H groups in total. The van der Waals surface area contributed by atoms with Gasteiger partial charge in [0.05, 0.1) is 34.9 Å². The summed E-state index contributed by atoms with van der Waals surface area (Å²) in [6, 6.07) is 17.9. The first-order chi connectivity index (χ1) is 18.9. The minimum absolute atomic E-state index is 0.0370. The standard InChI is InChI=1S/C27H20ClN7O2S2/c28-17-4-1-3-16(11-17)23-19(13-30)25(31)35(20-5-2-6-21(36)24(20)23)26-33-34-27(39-26)38-14-22(37)32-18-9-7-15(12-29)8-10-18/h1,3-4,7-11,23H,2,5-6,14,31H2,(H,32,37). The summed E-state index contributed by atoms with van der Waals surface area (Å²) >= 11 is 8.68. The number of carbonyl (C=O) groups is 2. The van der Waals surface area contributed by atoms with Gasteiger partial charge in [-0.15, -0.1) is 10.2 Å². The molecule has 9 nitrogen and oxygen atoms in total. The summed E-state index contributed by atoms with van der Waals surface area (Å²) in [4.78, 5) is 27.3. The van der Waals surface area contributed by atoms with Gasteiger partial charge in [0.2, 0.25) is 11.0 Å². The van der Waals surface area contributed by atoms with Crippen molar-refractivity contribution in [1.29, 1.82) is 10.5 Å². The second-order valence-electron chi connectivity index (χ2n) is 8.75. The molecule has 12 heteroatoms. The summed E-state index contributed by atoms with van der Waals surface area (Å²) in [7, 11) is 0. The van der Waals surface area contributed by atoms with Crippen LogP contribution in [-0.4, -0.2) is 27.6 Å². The Bertz CT molecular complexity index is 1620. The van der Waals surface area contributed by atoms with Gasteiger partial charge in [-0.05, 0) is 54.8 Å². The largest absolute Gasteiger partial charge is 0.384 e. The molecule has 5 rings (SSSR count). The van der Waals surface area contributed by atoms with E-state index in [1.807, 2.05) is 12.1 Å². The summed E-state index contributed by atoms with van der Waals surface area (Å²) in [5.74, 6) is -0.599. The zero-order valence-corrected chi connectivity index (χ0v) is 22.7. The summed E-state index contributed by atoms with van der Waals surface area (Å²) in [6.45, 7) is 0. The van der Waals surface area contributed by atoms with Crippen molar-refractivity contribution in [2.45, 2.75) is 29.5 Å². The van der Waals surface area contributed by atoms with Gasteiger partial charge in [-0.25, -0.2) is 0 Å². The molecule has 2 heterocycles. The lowest BCUT2D eigenvalue weighted by atomic mass is 9.76. The molecule has 2 aliphatic rings. The number of amides is 1. The molecule has 1 aromatic heterocycles. The normalized spacial score (nSPS) is 16.9. The maximum Gasteiger partial charge on any atom is 0.234 e. The van der Waals surface area contributed by atoms with Crippen molar-refractivity contribution in [3.63, 3.8) is 0 Å². The number of benzene rings is 2. The van der Waals surface area contributed by atoms with Gasteiger partial charge < -0.3 is 11.1 Å². The molecule has 1 aliphatic heterocycles. The van der Waals surface area contributed by atoms with Crippen molar-refractivity contribution >= 4 is 57.2 Å². The van der Waals surface area contributed by atoms with Crippen molar-refractivity contribution in [2.75, 3.05) is 16.0 Å². The molecule has 39 heavy (non-hydrogen) atoms. The topological polar surface area (TPSA) is 149 Å². The minimum Gasteiger partial charge on any atom is -0.384 e. The smallest absolute Gasteiger partial charge is 0.234 e. The molecular formula is C27H20ClN7O2S2. The SMILES string of the molecule is N#CC1=C(N)N(c2nnc(SCC(=O)Nc3ccc(C#N)cc3)s2)C2=C(C(=O)CCC2)C1c1cccc(Cl)c1. The van der Waals surface area contributed by atoms with Gasteiger partial charge in [-0.1, -0.05) is 46.8 Å². The van der Waals surface area contributed by atoms with E-state index in [-0.39, 0.29) is 28.8 Å². The number of thioether (sulfide) groups is 1. The van der Waals surface area contributed by atoms with E-state index in [1.165, 1.54) is 23.1 Å². The Kier molecular flexibility index (Phi) is 7.66. The lowest BCUT2D eigenvalue weighted by molar-refractivity contribution is -0.116.